The summed E-state index contributed by atoms with van der Waals surface area (Å²) in [4.78, 5) is 23.1. The number of aliphatic carboxylic acids is 1. The molecule has 1 unspecified atom stereocenters. The zero-order valence-corrected chi connectivity index (χ0v) is 14.8. The molecule has 0 aromatic heterocycles. The molecule has 2 rings (SSSR count). The van der Waals surface area contributed by atoms with Crippen molar-refractivity contribution in [1.82, 2.24) is 0 Å². The molecule has 0 aliphatic rings. The third-order valence-corrected chi connectivity index (χ3v) is 3.65. The standard InChI is InChI=1S/C20H20O6/c1-13(20(22)23)26-16-10-7-14(8-11-16)17(21)12-9-15-5-4-6-18(24-2)19(15)25-3/h4-13H,1-3H3,(H,22,23)/b12-9+. The zero-order valence-electron chi connectivity index (χ0n) is 14.8. The van der Waals surface area contributed by atoms with Gasteiger partial charge in [0.2, 0.25) is 0 Å². The number of carbonyl (C=O) groups excluding carboxylic acids is 1. The van der Waals surface area contributed by atoms with Crippen LogP contribution < -0.4 is 14.2 Å². The lowest BCUT2D eigenvalue weighted by Crippen LogP contribution is -2.22. The Bertz CT molecular complexity index is 808. The van der Waals surface area contributed by atoms with Crippen molar-refractivity contribution < 1.29 is 28.9 Å². The van der Waals surface area contributed by atoms with Gasteiger partial charge in [0.1, 0.15) is 5.75 Å². The lowest BCUT2D eigenvalue weighted by atomic mass is 10.1. The van der Waals surface area contributed by atoms with Gasteiger partial charge in [-0.25, -0.2) is 4.79 Å². The van der Waals surface area contributed by atoms with E-state index in [9.17, 15) is 9.59 Å². The van der Waals surface area contributed by atoms with E-state index >= 15 is 0 Å². The fraction of sp³-hybridized carbons (Fsp3) is 0.200. The van der Waals surface area contributed by atoms with Crippen LogP contribution in [0.15, 0.2) is 48.5 Å². The third-order valence-electron chi connectivity index (χ3n) is 3.65. The van der Waals surface area contributed by atoms with Gasteiger partial charge in [-0.15, -0.1) is 0 Å². The van der Waals surface area contributed by atoms with E-state index in [2.05, 4.69) is 0 Å². The molecule has 0 radical (unpaired) electrons. The molecule has 0 amide bonds. The number of carboxylic acid groups (broad SMARTS) is 1. The highest BCUT2D eigenvalue weighted by Crippen LogP contribution is 2.31. The van der Waals surface area contributed by atoms with E-state index in [-0.39, 0.29) is 5.78 Å². The monoisotopic (exact) mass is 356 g/mol. The summed E-state index contributed by atoms with van der Waals surface area (Å²) < 4.78 is 15.8. The van der Waals surface area contributed by atoms with Crippen molar-refractivity contribution >= 4 is 17.8 Å². The highest BCUT2D eigenvalue weighted by molar-refractivity contribution is 6.07. The normalized spacial score (nSPS) is 11.8. The van der Waals surface area contributed by atoms with E-state index in [0.29, 0.717) is 22.8 Å². The minimum Gasteiger partial charge on any atom is -0.493 e. The van der Waals surface area contributed by atoms with Crippen molar-refractivity contribution in [2.45, 2.75) is 13.0 Å². The van der Waals surface area contributed by atoms with E-state index in [1.165, 1.54) is 20.1 Å². The Labute approximate surface area is 151 Å². The molecule has 6 heteroatoms. The Morgan fingerprint density at radius 1 is 1.04 bits per heavy atom. The Morgan fingerprint density at radius 3 is 2.31 bits per heavy atom. The van der Waals surface area contributed by atoms with Crippen LogP contribution in [0.5, 0.6) is 17.2 Å². The molecular formula is C20H20O6. The van der Waals surface area contributed by atoms with Crippen LogP contribution in [0, 0.1) is 0 Å². The van der Waals surface area contributed by atoms with Crippen LogP contribution in [-0.2, 0) is 4.79 Å². The molecule has 26 heavy (non-hydrogen) atoms. The molecule has 136 valence electrons. The quantitative estimate of drug-likeness (QED) is 0.576. The molecule has 0 fully saturated rings. The molecule has 0 aliphatic carbocycles. The van der Waals surface area contributed by atoms with Crippen LogP contribution in [0.1, 0.15) is 22.8 Å². The maximum absolute atomic E-state index is 12.3. The number of allylic oxidation sites excluding steroid dienone is 1. The summed E-state index contributed by atoms with van der Waals surface area (Å²) in [6, 6.07) is 11.7. The molecule has 2 aromatic rings. The van der Waals surface area contributed by atoms with Crippen molar-refractivity contribution in [1.29, 1.82) is 0 Å². The summed E-state index contributed by atoms with van der Waals surface area (Å²) in [7, 11) is 3.08. The van der Waals surface area contributed by atoms with Gasteiger partial charge in [-0.3, -0.25) is 4.79 Å². The summed E-state index contributed by atoms with van der Waals surface area (Å²) in [6.07, 6.45) is 2.13. The number of ketones is 1. The molecule has 0 saturated carbocycles. The summed E-state index contributed by atoms with van der Waals surface area (Å²) >= 11 is 0. The lowest BCUT2D eigenvalue weighted by Gasteiger charge is -2.10. The molecule has 2 aromatic carbocycles. The van der Waals surface area contributed by atoms with Crippen molar-refractivity contribution in [3.63, 3.8) is 0 Å². The maximum Gasteiger partial charge on any atom is 0.344 e. The second-order valence-electron chi connectivity index (χ2n) is 5.40. The first-order valence-electron chi connectivity index (χ1n) is 7.89. The SMILES string of the molecule is COc1cccc(/C=C/C(=O)c2ccc(OC(C)C(=O)O)cc2)c1OC. The average Bonchev–Trinajstić information content (AvgIpc) is 2.65. The highest BCUT2D eigenvalue weighted by Gasteiger charge is 2.13. The molecule has 1 atom stereocenters. The van der Waals surface area contributed by atoms with E-state index in [4.69, 9.17) is 19.3 Å². The van der Waals surface area contributed by atoms with Gasteiger partial charge >= 0.3 is 5.97 Å². The lowest BCUT2D eigenvalue weighted by molar-refractivity contribution is -0.144. The van der Waals surface area contributed by atoms with Crippen LogP contribution >= 0.6 is 0 Å². The number of ether oxygens (including phenoxy) is 3. The minimum absolute atomic E-state index is 0.201. The van der Waals surface area contributed by atoms with Gasteiger partial charge in [-0.2, -0.15) is 0 Å². The third kappa shape index (κ3) is 4.63. The molecule has 0 heterocycles. The Kier molecular flexibility index (Phi) is 6.38. The van der Waals surface area contributed by atoms with Gasteiger partial charge in [0.25, 0.3) is 0 Å². The molecule has 6 nitrogen and oxygen atoms in total. The molecule has 0 bridgehead atoms. The molecule has 0 spiro atoms. The number of para-hydroxylation sites is 1. The number of hydrogen-bond acceptors (Lipinski definition) is 5. The largest absolute Gasteiger partial charge is 0.493 e. The van der Waals surface area contributed by atoms with Crippen molar-refractivity contribution in [2.75, 3.05) is 14.2 Å². The summed E-state index contributed by atoms with van der Waals surface area (Å²) in [5, 5.41) is 8.84. The van der Waals surface area contributed by atoms with E-state index in [1.54, 1.807) is 49.6 Å². The van der Waals surface area contributed by atoms with Crippen LogP contribution in [0.4, 0.5) is 0 Å². The smallest absolute Gasteiger partial charge is 0.344 e. The van der Waals surface area contributed by atoms with Crippen LogP contribution in [-0.4, -0.2) is 37.2 Å². The summed E-state index contributed by atoms with van der Waals surface area (Å²) in [5.41, 5.74) is 1.17. The van der Waals surface area contributed by atoms with Crippen LogP contribution in [0.3, 0.4) is 0 Å². The Hall–Kier alpha value is -3.28. The van der Waals surface area contributed by atoms with E-state index in [1.807, 2.05) is 6.07 Å². The van der Waals surface area contributed by atoms with Crippen molar-refractivity contribution in [2.24, 2.45) is 0 Å². The van der Waals surface area contributed by atoms with Gasteiger partial charge in [0.05, 0.1) is 14.2 Å². The topological polar surface area (TPSA) is 82.1 Å². The first kappa shape index (κ1) is 19.1. The second kappa shape index (κ2) is 8.71. The fourth-order valence-electron chi connectivity index (χ4n) is 2.26. The number of benzene rings is 2. The van der Waals surface area contributed by atoms with E-state index in [0.717, 1.165) is 5.56 Å². The van der Waals surface area contributed by atoms with Gasteiger partial charge in [0, 0.05) is 11.1 Å². The first-order valence-corrected chi connectivity index (χ1v) is 7.89. The van der Waals surface area contributed by atoms with Crippen LogP contribution in [0.25, 0.3) is 6.08 Å². The van der Waals surface area contributed by atoms with Gasteiger partial charge < -0.3 is 19.3 Å². The minimum atomic E-state index is -1.06. The molecule has 1 N–H and O–H groups in total. The summed E-state index contributed by atoms with van der Waals surface area (Å²) in [6.45, 7) is 1.44. The van der Waals surface area contributed by atoms with Gasteiger partial charge in [0.15, 0.2) is 23.4 Å². The predicted octanol–water partition coefficient (Wildman–Crippen LogP) is 3.45. The molecule has 0 aliphatic heterocycles. The average molecular weight is 356 g/mol. The second-order valence-corrected chi connectivity index (χ2v) is 5.40. The summed E-state index contributed by atoms with van der Waals surface area (Å²) in [5.74, 6) is 0.254. The Balaban J connectivity index is 2.13. The molecule has 0 saturated heterocycles. The van der Waals surface area contributed by atoms with Crippen LogP contribution in [0.2, 0.25) is 0 Å². The highest BCUT2D eigenvalue weighted by atomic mass is 16.5. The number of carbonyl (C=O) groups is 2. The Morgan fingerprint density at radius 2 is 1.73 bits per heavy atom. The number of methoxy groups -OCH3 is 2. The van der Waals surface area contributed by atoms with Crippen molar-refractivity contribution in [3.8, 4) is 17.2 Å². The predicted molar refractivity (Wildman–Crippen MR) is 97.1 cm³/mol. The van der Waals surface area contributed by atoms with Crippen molar-refractivity contribution in [3.05, 3.63) is 59.7 Å². The van der Waals surface area contributed by atoms with Gasteiger partial charge in [-0.1, -0.05) is 12.1 Å². The molecular weight excluding hydrogens is 336 g/mol. The first-order chi connectivity index (χ1) is 12.5. The van der Waals surface area contributed by atoms with Gasteiger partial charge in [-0.05, 0) is 49.4 Å². The number of carboxylic acids is 1. The number of hydrogen-bond donors (Lipinski definition) is 1. The maximum atomic E-state index is 12.3. The number of rotatable bonds is 8. The zero-order chi connectivity index (χ0) is 19.1. The van der Waals surface area contributed by atoms with E-state index < -0.39 is 12.1 Å². The fourth-order valence-corrected chi connectivity index (χ4v) is 2.26.